The van der Waals surface area contributed by atoms with Crippen LogP contribution in [-0.2, 0) is 23.9 Å². The van der Waals surface area contributed by atoms with Crippen molar-refractivity contribution in [2.45, 2.75) is 26.6 Å². The minimum atomic E-state index is -1.21. The predicted octanol–water partition coefficient (Wildman–Crippen LogP) is 0.0277. The summed E-state index contributed by atoms with van der Waals surface area (Å²) >= 11 is 0. The molecule has 2 heterocycles. The van der Waals surface area contributed by atoms with Crippen LogP contribution < -0.4 is 0 Å². The fourth-order valence-corrected chi connectivity index (χ4v) is 1.90. The molecule has 5 heteroatoms. The third-order valence-corrected chi connectivity index (χ3v) is 3.08. The van der Waals surface area contributed by atoms with Gasteiger partial charge < -0.3 is 9.47 Å². The van der Waals surface area contributed by atoms with Gasteiger partial charge >= 0.3 is 11.9 Å². The lowest BCUT2D eigenvalue weighted by Gasteiger charge is -2.19. The van der Waals surface area contributed by atoms with Crippen LogP contribution in [-0.4, -0.2) is 24.0 Å². The van der Waals surface area contributed by atoms with Crippen LogP contribution in [0.5, 0.6) is 0 Å². The van der Waals surface area contributed by atoms with E-state index in [1.54, 1.807) is 0 Å². The minimum Gasteiger partial charge on any atom is -0.425 e. The topological polar surface area (TPSA) is 69.7 Å². The molecule has 2 aliphatic rings. The first kappa shape index (κ1) is 9.18. The second kappa shape index (κ2) is 2.56. The van der Waals surface area contributed by atoms with Gasteiger partial charge in [-0.25, -0.2) is 0 Å². The Bertz CT molecular complexity index is 334. The lowest BCUT2D eigenvalue weighted by atomic mass is 9.75. The highest BCUT2D eigenvalue weighted by Gasteiger charge is 2.62. The number of fused-ring (bicyclic) bond motifs is 1. The molecule has 5 nitrogen and oxygen atoms in total. The van der Waals surface area contributed by atoms with Crippen LogP contribution in [0.3, 0.4) is 0 Å². The van der Waals surface area contributed by atoms with Crippen LogP contribution in [0.25, 0.3) is 0 Å². The van der Waals surface area contributed by atoms with Crippen molar-refractivity contribution in [1.82, 2.24) is 0 Å². The zero-order valence-electron chi connectivity index (χ0n) is 7.90. The fraction of sp³-hybridized carbons (Fsp3) is 0.667. The fourth-order valence-electron chi connectivity index (χ4n) is 1.90. The van der Waals surface area contributed by atoms with Gasteiger partial charge in [-0.15, -0.1) is 0 Å². The summed E-state index contributed by atoms with van der Waals surface area (Å²) in [7, 11) is 0. The normalized spacial score (nSPS) is 40.4. The number of carbonyl (C=O) groups is 3. The number of carbonyl (C=O) groups excluding carboxylic acids is 3. The molecular weight excluding hydrogens is 188 g/mol. The predicted molar refractivity (Wildman–Crippen MR) is 42.9 cm³/mol. The molecule has 0 amide bonds. The van der Waals surface area contributed by atoms with E-state index in [2.05, 4.69) is 0 Å². The molecule has 0 aromatic rings. The van der Waals surface area contributed by atoms with E-state index >= 15 is 0 Å². The number of Topliss-reactive ketones (excluding diaryl/α,β-unsaturated/α-hetero) is 1. The molecule has 0 bridgehead atoms. The summed E-state index contributed by atoms with van der Waals surface area (Å²) in [5.41, 5.74) is -1.21. The van der Waals surface area contributed by atoms with Gasteiger partial charge in [0.2, 0.25) is 0 Å². The number of hydrogen-bond donors (Lipinski definition) is 0. The van der Waals surface area contributed by atoms with Crippen molar-refractivity contribution in [3.63, 3.8) is 0 Å². The Hall–Kier alpha value is -1.39. The molecule has 0 unspecified atom stereocenters. The first-order valence-electron chi connectivity index (χ1n) is 4.38. The van der Waals surface area contributed by atoms with E-state index in [0.717, 1.165) is 0 Å². The summed E-state index contributed by atoms with van der Waals surface area (Å²) in [6, 6.07) is 0. The summed E-state index contributed by atoms with van der Waals surface area (Å²) in [6.07, 6.45) is -0.782. The second-order valence-corrected chi connectivity index (χ2v) is 3.83. The largest absolute Gasteiger partial charge is 0.425 e. The van der Waals surface area contributed by atoms with Crippen molar-refractivity contribution in [3.05, 3.63) is 0 Å². The molecule has 0 radical (unpaired) electrons. The van der Waals surface area contributed by atoms with E-state index in [0.29, 0.717) is 0 Å². The van der Waals surface area contributed by atoms with E-state index in [1.807, 2.05) is 0 Å². The van der Waals surface area contributed by atoms with Crippen molar-refractivity contribution in [3.8, 4) is 0 Å². The Kier molecular flexibility index (Phi) is 1.68. The molecule has 2 fully saturated rings. The maximum Gasteiger partial charge on any atom is 0.323 e. The Morgan fingerprint density at radius 2 is 2.07 bits per heavy atom. The number of ether oxygens (including phenoxy) is 2. The molecule has 2 aliphatic heterocycles. The van der Waals surface area contributed by atoms with Gasteiger partial charge in [0, 0.05) is 0 Å². The van der Waals surface area contributed by atoms with Crippen molar-refractivity contribution in [2.75, 3.05) is 0 Å². The minimum absolute atomic E-state index is 0.0759. The van der Waals surface area contributed by atoms with Crippen LogP contribution in [0.15, 0.2) is 0 Å². The average Bonchev–Trinajstić information content (AvgIpc) is 2.53. The van der Waals surface area contributed by atoms with Crippen molar-refractivity contribution >= 4 is 17.7 Å². The van der Waals surface area contributed by atoms with Gasteiger partial charge in [0.15, 0.2) is 0 Å². The van der Waals surface area contributed by atoms with Gasteiger partial charge in [0.25, 0.3) is 6.29 Å². The Balaban J connectivity index is 2.37. The summed E-state index contributed by atoms with van der Waals surface area (Å²) in [5.74, 6) is -1.75. The quantitative estimate of drug-likeness (QED) is 0.439. The highest BCUT2D eigenvalue weighted by atomic mass is 16.7. The highest BCUT2D eigenvalue weighted by Crippen LogP contribution is 2.46. The molecule has 0 spiro atoms. The molecule has 76 valence electrons. The maximum absolute atomic E-state index is 11.4. The van der Waals surface area contributed by atoms with Gasteiger partial charge in [0.1, 0.15) is 11.2 Å². The second-order valence-electron chi connectivity index (χ2n) is 3.83. The summed E-state index contributed by atoms with van der Waals surface area (Å²) in [5, 5.41) is 0. The van der Waals surface area contributed by atoms with Gasteiger partial charge in [-0.2, -0.15) is 0 Å². The smallest absolute Gasteiger partial charge is 0.323 e. The molecule has 0 saturated carbocycles. The monoisotopic (exact) mass is 198 g/mol. The molecule has 2 rings (SSSR count). The van der Waals surface area contributed by atoms with E-state index in [1.165, 1.54) is 13.8 Å². The standard InChI is InChI=1S/C9H10O5/c1-4(10)9(2)5-3-6(11)13-7(5)14-8(9)12/h5,7H,3H2,1-2H3/t5-,7+,9+/m0/s1. The van der Waals surface area contributed by atoms with Crippen LogP contribution >= 0.6 is 0 Å². The van der Waals surface area contributed by atoms with Crippen LogP contribution in [0.4, 0.5) is 0 Å². The number of ketones is 1. The summed E-state index contributed by atoms with van der Waals surface area (Å²) < 4.78 is 9.60. The first-order chi connectivity index (χ1) is 6.46. The zero-order valence-corrected chi connectivity index (χ0v) is 7.90. The average molecular weight is 198 g/mol. The highest BCUT2D eigenvalue weighted by molar-refractivity contribution is 6.04. The van der Waals surface area contributed by atoms with E-state index < -0.39 is 29.6 Å². The van der Waals surface area contributed by atoms with Crippen molar-refractivity contribution < 1.29 is 23.9 Å². The van der Waals surface area contributed by atoms with Gasteiger partial charge in [-0.05, 0) is 13.8 Å². The van der Waals surface area contributed by atoms with Crippen molar-refractivity contribution in [1.29, 1.82) is 0 Å². The summed E-state index contributed by atoms with van der Waals surface area (Å²) in [6.45, 7) is 2.83. The summed E-state index contributed by atoms with van der Waals surface area (Å²) in [4.78, 5) is 33.7. The first-order valence-corrected chi connectivity index (χ1v) is 4.38. The van der Waals surface area contributed by atoms with E-state index in [9.17, 15) is 14.4 Å². The van der Waals surface area contributed by atoms with E-state index in [4.69, 9.17) is 9.47 Å². The van der Waals surface area contributed by atoms with Gasteiger partial charge in [-0.3, -0.25) is 14.4 Å². The zero-order chi connectivity index (χ0) is 10.5. The Morgan fingerprint density at radius 1 is 1.43 bits per heavy atom. The molecule has 2 saturated heterocycles. The molecule has 0 N–H and O–H groups in total. The molecule has 3 atom stereocenters. The molecule has 14 heavy (non-hydrogen) atoms. The Labute approximate surface area is 80.4 Å². The lowest BCUT2D eigenvalue weighted by Crippen LogP contribution is -2.37. The SMILES string of the molecule is CC(=O)[C@@]1(C)C(=O)O[C@H]2OC(=O)C[C@@H]21. The third-order valence-electron chi connectivity index (χ3n) is 3.08. The molecule has 0 aliphatic carbocycles. The van der Waals surface area contributed by atoms with Crippen LogP contribution in [0, 0.1) is 11.3 Å². The number of rotatable bonds is 1. The molecule has 0 aromatic heterocycles. The number of hydrogen-bond acceptors (Lipinski definition) is 5. The molecule has 0 aromatic carbocycles. The maximum atomic E-state index is 11.4. The lowest BCUT2D eigenvalue weighted by molar-refractivity contribution is -0.170. The van der Waals surface area contributed by atoms with Crippen LogP contribution in [0.2, 0.25) is 0 Å². The Morgan fingerprint density at radius 3 is 2.64 bits per heavy atom. The van der Waals surface area contributed by atoms with Crippen LogP contribution in [0.1, 0.15) is 20.3 Å². The van der Waals surface area contributed by atoms with Gasteiger partial charge in [-0.1, -0.05) is 0 Å². The number of esters is 2. The van der Waals surface area contributed by atoms with Crippen molar-refractivity contribution in [2.24, 2.45) is 11.3 Å². The molecular formula is C9H10O5. The van der Waals surface area contributed by atoms with Gasteiger partial charge in [0.05, 0.1) is 12.3 Å². The third kappa shape index (κ3) is 0.921. The van der Waals surface area contributed by atoms with E-state index in [-0.39, 0.29) is 12.2 Å².